The number of halogens is 4. The smallest absolute Gasteiger partial charge is 0.207 e. The van der Waals surface area contributed by atoms with E-state index in [0.29, 0.717) is 21.2 Å². The van der Waals surface area contributed by atoms with E-state index in [9.17, 15) is 8.42 Å². The summed E-state index contributed by atoms with van der Waals surface area (Å²) >= 11 is 23.4. The third kappa shape index (κ3) is 3.49. The van der Waals surface area contributed by atoms with Crippen LogP contribution in [0.3, 0.4) is 0 Å². The fraction of sp³-hybridized carbons (Fsp3) is 0.143. The van der Waals surface area contributed by atoms with E-state index >= 15 is 0 Å². The van der Waals surface area contributed by atoms with Crippen LogP contribution >= 0.6 is 46.4 Å². The highest BCUT2D eigenvalue weighted by Gasteiger charge is 2.24. The van der Waals surface area contributed by atoms with Gasteiger partial charge in [-0.3, -0.25) is 0 Å². The van der Waals surface area contributed by atoms with E-state index in [1.54, 1.807) is 0 Å². The van der Waals surface area contributed by atoms with Crippen molar-refractivity contribution in [2.75, 3.05) is 0 Å². The normalized spacial score (nSPS) is 11.6. The van der Waals surface area contributed by atoms with Crippen LogP contribution in [0.2, 0.25) is 10.0 Å². The Bertz CT molecular complexity index is 713. The number of hydrogen-bond acceptors (Lipinski definition) is 2. The van der Waals surface area contributed by atoms with Crippen LogP contribution in [0, 0.1) is 0 Å². The maximum atomic E-state index is 12.8. The van der Waals surface area contributed by atoms with Crippen LogP contribution in [0.1, 0.15) is 11.1 Å². The zero-order chi connectivity index (χ0) is 15.6. The Kier molecular flexibility index (Phi) is 5.44. The fourth-order valence-electron chi connectivity index (χ4n) is 1.95. The minimum absolute atomic E-state index is 0.0406. The summed E-state index contributed by atoms with van der Waals surface area (Å²) in [6.45, 7) is 0. The molecule has 0 aliphatic heterocycles. The molecule has 112 valence electrons. The van der Waals surface area contributed by atoms with E-state index in [1.807, 2.05) is 0 Å². The van der Waals surface area contributed by atoms with Crippen LogP contribution in [0.15, 0.2) is 46.2 Å². The minimum Gasteiger partial charge on any atom is -0.218 e. The Morgan fingerprint density at radius 3 is 1.48 bits per heavy atom. The molecule has 0 unspecified atom stereocenters. The van der Waals surface area contributed by atoms with E-state index < -0.39 is 9.84 Å². The summed E-state index contributed by atoms with van der Waals surface area (Å²) in [5.74, 6) is 0.0812. The summed E-state index contributed by atoms with van der Waals surface area (Å²) in [7, 11) is -3.74. The summed E-state index contributed by atoms with van der Waals surface area (Å²) < 4.78 is 25.6. The Balaban J connectivity index is 2.68. The number of benzene rings is 2. The van der Waals surface area contributed by atoms with Gasteiger partial charge in [0, 0.05) is 21.8 Å². The molecule has 0 amide bonds. The molecule has 0 heterocycles. The monoisotopic (exact) mass is 382 g/mol. The second-order valence-corrected chi connectivity index (χ2v) is 7.57. The molecule has 0 saturated carbocycles. The minimum atomic E-state index is -3.74. The van der Waals surface area contributed by atoms with Crippen LogP contribution in [-0.2, 0) is 21.6 Å². The van der Waals surface area contributed by atoms with E-state index in [2.05, 4.69) is 0 Å². The molecule has 0 N–H and O–H groups in total. The lowest BCUT2D eigenvalue weighted by molar-refractivity contribution is 0.594. The molecule has 2 nitrogen and oxygen atoms in total. The van der Waals surface area contributed by atoms with Crippen molar-refractivity contribution < 1.29 is 8.42 Å². The topological polar surface area (TPSA) is 34.1 Å². The van der Waals surface area contributed by atoms with Gasteiger partial charge in [-0.2, -0.15) is 0 Å². The summed E-state index contributed by atoms with van der Waals surface area (Å²) in [5, 5.41) is 0.858. The largest absolute Gasteiger partial charge is 0.218 e. The van der Waals surface area contributed by atoms with Crippen molar-refractivity contribution in [2.45, 2.75) is 21.6 Å². The molecule has 2 rings (SSSR count). The lowest BCUT2D eigenvalue weighted by Crippen LogP contribution is -2.07. The van der Waals surface area contributed by atoms with E-state index in [1.165, 1.54) is 36.4 Å². The molecular weight excluding hydrogens is 374 g/mol. The average molecular weight is 384 g/mol. The first-order valence-electron chi connectivity index (χ1n) is 5.84. The van der Waals surface area contributed by atoms with Gasteiger partial charge in [-0.1, -0.05) is 23.2 Å². The standard InChI is InChI=1S/C14H10Cl4O2S/c15-7-9-5-11(17)1-3-13(9)21(19,20)14-4-2-12(18)6-10(14)8-16/h1-6H,7-8H2. The van der Waals surface area contributed by atoms with Crippen LogP contribution in [0.25, 0.3) is 0 Å². The molecule has 0 radical (unpaired) electrons. The molecule has 0 aliphatic rings. The first-order valence-corrected chi connectivity index (χ1v) is 9.15. The van der Waals surface area contributed by atoms with Crippen molar-refractivity contribution in [2.24, 2.45) is 0 Å². The SMILES string of the molecule is O=S(=O)(c1ccc(Cl)cc1CCl)c1ccc(Cl)cc1CCl. The molecule has 21 heavy (non-hydrogen) atoms. The molecule has 2 aromatic rings. The van der Waals surface area contributed by atoms with Gasteiger partial charge in [-0.15, -0.1) is 23.2 Å². The van der Waals surface area contributed by atoms with Crippen molar-refractivity contribution in [3.8, 4) is 0 Å². The van der Waals surface area contributed by atoms with Crippen LogP contribution < -0.4 is 0 Å². The van der Waals surface area contributed by atoms with Gasteiger partial charge < -0.3 is 0 Å². The highest BCUT2D eigenvalue weighted by molar-refractivity contribution is 7.91. The average Bonchev–Trinajstić information content (AvgIpc) is 2.46. The molecule has 0 fully saturated rings. The fourth-order valence-corrected chi connectivity index (χ4v) is 4.62. The van der Waals surface area contributed by atoms with Crippen molar-refractivity contribution in [1.82, 2.24) is 0 Å². The molecule has 7 heteroatoms. The Labute approximate surface area is 143 Å². The third-order valence-corrected chi connectivity index (χ3v) is 5.91. The second kappa shape index (κ2) is 6.76. The quantitative estimate of drug-likeness (QED) is 0.671. The van der Waals surface area contributed by atoms with Crippen LogP contribution in [0.5, 0.6) is 0 Å². The van der Waals surface area contributed by atoms with Gasteiger partial charge in [0.05, 0.1) is 9.79 Å². The van der Waals surface area contributed by atoms with Gasteiger partial charge >= 0.3 is 0 Å². The van der Waals surface area contributed by atoms with E-state index in [4.69, 9.17) is 46.4 Å². The first kappa shape index (κ1) is 16.9. The van der Waals surface area contributed by atoms with Gasteiger partial charge in [0.1, 0.15) is 0 Å². The van der Waals surface area contributed by atoms with Crippen molar-refractivity contribution in [1.29, 1.82) is 0 Å². The summed E-state index contributed by atoms with van der Waals surface area (Å²) in [4.78, 5) is 0.242. The maximum absolute atomic E-state index is 12.8. The third-order valence-electron chi connectivity index (χ3n) is 2.91. The van der Waals surface area contributed by atoms with E-state index in [-0.39, 0.29) is 21.6 Å². The zero-order valence-corrected chi connectivity index (χ0v) is 14.5. The van der Waals surface area contributed by atoms with Gasteiger partial charge in [-0.05, 0) is 47.5 Å². The maximum Gasteiger partial charge on any atom is 0.207 e. The van der Waals surface area contributed by atoms with Crippen LogP contribution in [-0.4, -0.2) is 8.42 Å². The highest BCUT2D eigenvalue weighted by Crippen LogP contribution is 2.31. The van der Waals surface area contributed by atoms with Gasteiger partial charge in [-0.25, -0.2) is 8.42 Å². The van der Waals surface area contributed by atoms with Crippen molar-refractivity contribution in [3.63, 3.8) is 0 Å². The molecule has 0 bridgehead atoms. The molecule has 0 aliphatic carbocycles. The van der Waals surface area contributed by atoms with E-state index in [0.717, 1.165) is 0 Å². The highest BCUT2D eigenvalue weighted by atomic mass is 35.5. The van der Waals surface area contributed by atoms with Crippen LogP contribution in [0.4, 0.5) is 0 Å². The Hall–Kier alpha value is -0.450. The number of alkyl halides is 2. The molecule has 0 saturated heterocycles. The molecule has 0 aromatic heterocycles. The van der Waals surface area contributed by atoms with Gasteiger partial charge in [0.2, 0.25) is 9.84 Å². The summed E-state index contributed by atoms with van der Waals surface area (Å²) in [6.07, 6.45) is 0. The zero-order valence-electron chi connectivity index (χ0n) is 10.6. The molecule has 0 spiro atoms. The number of hydrogen-bond donors (Lipinski definition) is 0. The lowest BCUT2D eigenvalue weighted by Gasteiger charge is -2.12. The Morgan fingerprint density at radius 2 is 1.14 bits per heavy atom. The second-order valence-electron chi connectivity index (χ2n) is 4.27. The first-order chi connectivity index (χ1) is 9.90. The predicted octanol–water partition coefficient (Wildman–Crippen LogP) is 5.30. The summed E-state index contributed by atoms with van der Waals surface area (Å²) in [5.41, 5.74) is 0.888. The molecular formula is C14H10Cl4O2S. The predicted molar refractivity (Wildman–Crippen MR) is 87.5 cm³/mol. The molecule has 0 atom stereocenters. The number of rotatable bonds is 4. The number of sulfone groups is 1. The van der Waals surface area contributed by atoms with Crippen molar-refractivity contribution in [3.05, 3.63) is 57.6 Å². The van der Waals surface area contributed by atoms with Gasteiger partial charge in [0.15, 0.2) is 0 Å². The summed E-state index contributed by atoms with van der Waals surface area (Å²) in [6, 6.07) is 9.00. The van der Waals surface area contributed by atoms with Crippen molar-refractivity contribution >= 4 is 56.2 Å². The Morgan fingerprint density at radius 1 is 0.762 bits per heavy atom. The molecule has 2 aromatic carbocycles. The lowest BCUT2D eigenvalue weighted by atomic mass is 10.2. The van der Waals surface area contributed by atoms with Gasteiger partial charge in [0.25, 0.3) is 0 Å².